The van der Waals surface area contributed by atoms with Crippen LogP contribution in [0.25, 0.3) is 22.3 Å². The molecule has 0 aliphatic rings. The SMILES string of the molecule is C=C(/C=C(/F)C(=C)OC)COc1ccc(-c2ccc(-c3ccc(C)cc3)c(F)c2F)cc1. The summed E-state index contributed by atoms with van der Waals surface area (Å²) in [5, 5.41) is 0. The predicted octanol–water partition coefficient (Wildman–Crippen LogP) is 7.56. The number of halogens is 3. The molecule has 5 heteroatoms. The smallest absolute Gasteiger partial charge is 0.167 e. The Hall–Kier alpha value is -3.73. The van der Waals surface area contributed by atoms with Gasteiger partial charge in [0.05, 0.1) is 7.11 Å². The average Bonchev–Trinajstić information content (AvgIpc) is 2.80. The lowest BCUT2D eigenvalue weighted by Gasteiger charge is -2.11. The standard InChI is InChI=1S/C27H23F3O2/c1-17-5-7-20(8-6-17)23-13-14-24(27(30)26(23)29)21-9-11-22(12-10-21)32-16-18(2)15-25(28)19(3)31-4/h5-15H,2-3,16H2,1,4H3/b25-15+. The Labute approximate surface area is 185 Å². The maximum absolute atomic E-state index is 14.8. The molecule has 0 radical (unpaired) electrons. The number of aryl methyl sites for hydroxylation is 1. The minimum Gasteiger partial charge on any atom is -0.494 e. The zero-order valence-corrected chi connectivity index (χ0v) is 17.9. The molecule has 3 aromatic rings. The second-order valence-corrected chi connectivity index (χ2v) is 7.25. The van der Waals surface area contributed by atoms with Gasteiger partial charge in [0.1, 0.15) is 18.1 Å². The quantitative estimate of drug-likeness (QED) is 0.268. The van der Waals surface area contributed by atoms with Crippen molar-refractivity contribution in [2.75, 3.05) is 13.7 Å². The molecule has 0 amide bonds. The first-order valence-corrected chi connectivity index (χ1v) is 9.86. The number of benzene rings is 3. The minimum absolute atomic E-state index is 0.0397. The van der Waals surface area contributed by atoms with E-state index < -0.39 is 17.5 Å². The predicted molar refractivity (Wildman–Crippen MR) is 122 cm³/mol. The lowest BCUT2D eigenvalue weighted by Crippen LogP contribution is -1.99. The molecule has 2 nitrogen and oxygen atoms in total. The van der Waals surface area contributed by atoms with Crippen molar-refractivity contribution in [2.45, 2.75) is 6.92 Å². The van der Waals surface area contributed by atoms with Crippen LogP contribution < -0.4 is 4.74 Å². The third kappa shape index (κ3) is 5.30. The van der Waals surface area contributed by atoms with Crippen molar-refractivity contribution >= 4 is 0 Å². The van der Waals surface area contributed by atoms with E-state index in [9.17, 15) is 13.2 Å². The van der Waals surface area contributed by atoms with Crippen LogP contribution in [0.15, 0.2) is 97.1 Å². The minimum atomic E-state index is -0.913. The van der Waals surface area contributed by atoms with E-state index in [1.807, 2.05) is 19.1 Å². The van der Waals surface area contributed by atoms with Gasteiger partial charge in [-0.3, -0.25) is 0 Å². The maximum atomic E-state index is 14.8. The van der Waals surface area contributed by atoms with Crippen LogP contribution in [0.5, 0.6) is 5.75 Å². The molecule has 0 fully saturated rings. The van der Waals surface area contributed by atoms with E-state index >= 15 is 0 Å². The van der Waals surface area contributed by atoms with E-state index in [0.29, 0.717) is 22.4 Å². The van der Waals surface area contributed by atoms with Gasteiger partial charge in [-0.15, -0.1) is 0 Å². The molecule has 0 aliphatic heterocycles. The first-order valence-electron chi connectivity index (χ1n) is 9.86. The van der Waals surface area contributed by atoms with Crippen LogP contribution in [0.1, 0.15) is 5.56 Å². The molecular weight excluding hydrogens is 413 g/mol. The van der Waals surface area contributed by atoms with Gasteiger partial charge in [-0.2, -0.15) is 0 Å². The van der Waals surface area contributed by atoms with Crippen molar-refractivity contribution in [1.82, 2.24) is 0 Å². The summed E-state index contributed by atoms with van der Waals surface area (Å²) in [5.41, 5.74) is 2.90. The summed E-state index contributed by atoms with van der Waals surface area (Å²) in [6.07, 6.45) is 1.17. The van der Waals surface area contributed by atoms with Crippen LogP contribution in [0, 0.1) is 18.6 Å². The van der Waals surface area contributed by atoms with E-state index in [1.165, 1.54) is 13.2 Å². The van der Waals surface area contributed by atoms with Gasteiger partial charge in [0.25, 0.3) is 0 Å². The molecule has 0 aromatic heterocycles. The largest absolute Gasteiger partial charge is 0.494 e. The third-order valence-corrected chi connectivity index (χ3v) is 4.88. The summed E-state index contributed by atoms with van der Waals surface area (Å²) < 4.78 is 53.5. The molecule has 0 N–H and O–H groups in total. The Balaban J connectivity index is 1.73. The van der Waals surface area contributed by atoms with Crippen molar-refractivity contribution in [3.8, 4) is 28.0 Å². The van der Waals surface area contributed by atoms with Gasteiger partial charge in [0.2, 0.25) is 0 Å². The van der Waals surface area contributed by atoms with Crippen molar-refractivity contribution in [1.29, 1.82) is 0 Å². The molecule has 0 aliphatic carbocycles. The fourth-order valence-corrected chi connectivity index (χ4v) is 3.03. The monoisotopic (exact) mass is 436 g/mol. The fraction of sp³-hybridized carbons (Fsp3) is 0.111. The van der Waals surface area contributed by atoms with Gasteiger partial charge in [-0.25, -0.2) is 13.2 Å². The van der Waals surface area contributed by atoms with E-state index in [1.54, 1.807) is 48.5 Å². The van der Waals surface area contributed by atoms with E-state index in [2.05, 4.69) is 13.2 Å². The molecule has 0 spiro atoms. The van der Waals surface area contributed by atoms with E-state index in [4.69, 9.17) is 9.47 Å². The molecule has 0 saturated heterocycles. The maximum Gasteiger partial charge on any atom is 0.167 e. The number of hydrogen-bond donors (Lipinski definition) is 0. The second-order valence-electron chi connectivity index (χ2n) is 7.25. The summed E-state index contributed by atoms with van der Waals surface area (Å²) in [7, 11) is 1.32. The molecule has 32 heavy (non-hydrogen) atoms. The van der Waals surface area contributed by atoms with Crippen LogP contribution in [0.2, 0.25) is 0 Å². The van der Waals surface area contributed by atoms with Gasteiger partial charge in [-0.05, 0) is 41.8 Å². The van der Waals surface area contributed by atoms with Crippen LogP contribution in [-0.2, 0) is 4.74 Å². The highest BCUT2D eigenvalue weighted by molar-refractivity contribution is 5.72. The van der Waals surface area contributed by atoms with Crippen molar-refractivity contribution in [3.63, 3.8) is 0 Å². The van der Waals surface area contributed by atoms with Gasteiger partial charge in [0, 0.05) is 11.1 Å². The first-order chi connectivity index (χ1) is 15.3. The first kappa shape index (κ1) is 22.9. The molecule has 0 atom stereocenters. The van der Waals surface area contributed by atoms with Crippen LogP contribution in [0.3, 0.4) is 0 Å². The summed E-state index contributed by atoms with van der Waals surface area (Å²) >= 11 is 0. The van der Waals surface area contributed by atoms with Crippen LogP contribution in [0.4, 0.5) is 13.2 Å². The Morgan fingerprint density at radius 2 is 1.34 bits per heavy atom. The second kappa shape index (κ2) is 10.1. The van der Waals surface area contributed by atoms with Crippen molar-refractivity contribution in [3.05, 3.63) is 114 Å². The zero-order valence-electron chi connectivity index (χ0n) is 17.9. The van der Waals surface area contributed by atoms with Gasteiger partial charge >= 0.3 is 0 Å². The molecule has 164 valence electrons. The Kier molecular flexibility index (Phi) is 7.21. The van der Waals surface area contributed by atoms with Gasteiger partial charge in [0.15, 0.2) is 17.5 Å². The molecule has 3 rings (SSSR count). The Morgan fingerprint density at radius 3 is 1.84 bits per heavy atom. The molecule has 0 saturated carbocycles. The molecular formula is C27H23F3O2. The van der Waals surface area contributed by atoms with Crippen LogP contribution in [-0.4, -0.2) is 13.7 Å². The highest BCUT2D eigenvalue weighted by Gasteiger charge is 2.16. The third-order valence-electron chi connectivity index (χ3n) is 4.88. The van der Waals surface area contributed by atoms with Gasteiger partial charge < -0.3 is 9.47 Å². The highest BCUT2D eigenvalue weighted by atomic mass is 19.2. The molecule has 0 unspecified atom stereocenters. The van der Waals surface area contributed by atoms with Crippen LogP contribution >= 0.6 is 0 Å². The number of allylic oxidation sites excluding steroid dienone is 1. The lowest BCUT2D eigenvalue weighted by molar-refractivity contribution is 0.285. The number of methoxy groups -OCH3 is 1. The number of hydrogen-bond acceptors (Lipinski definition) is 2. The lowest BCUT2D eigenvalue weighted by atomic mass is 9.98. The number of rotatable bonds is 8. The summed E-state index contributed by atoms with van der Waals surface area (Å²) in [6, 6.07) is 16.9. The fourth-order valence-electron chi connectivity index (χ4n) is 3.03. The Morgan fingerprint density at radius 1 is 0.844 bits per heavy atom. The average molecular weight is 436 g/mol. The normalized spacial score (nSPS) is 11.2. The number of ether oxygens (including phenoxy) is 2. The van der Waals surface area contributed by atoms with Crippen molar-refractivity contribution in [2.24, 2.45) is 0 Å². The summed E-state index contributed by atoms with van der Waals surface area (Å²) in [6.45, 7) is 9.11. The summed E-state index contributed by atoms with van der Waals surface area (Å²) in [4.78, 5) is 0. The molecule has 0 bridgehead atoms. The highest BCUT2D eigenvalue weighted by Crippen LogP contribution is 2.32. The topological polar surface area (TPSA) is 18.5 Å². The Bertz CT molecular complexity index is 1160. The summed E-state index contributed by atoms with van der Waals surface area (Å²) in [5.74, 6) is -2.06. The molecule has 0 heterocycles. The van der Waals surface area contributed by atoms with Gasteiger partial charge in [-0.1, -0.05) is 67.3 Å². The molecule has 3 aromatic carbocycles. The van der Waals surface area contributed by atoms with E-state index in [-0.39, 0.29) is 23.5 Å². The van der Waals surface area contributed by atoms with Crippen molar-refractivity contribution < 1.29 is 22.6 Å². The zero-order chi connectivity index (χ0) is 23.3. The van der Waals surface area contributed by atoms with E-state index in [0.717, 1.165) is 5.56 Å².